The third kappa shape index (κ3) is 3.95. The first kappa shape index (κ1) is 12.0. The third-order valence-electron chi connectivity index (χ3n) is 3.15. The van der Waals surface area contributed by atoms with Crippen LogP contribution in [0, 0.1) is 5.92 Å². The minimum atomic E-state index is 0.450. The van der Waals surface area contributed by atoms with Gasteiger partial charge < -0.3 is 15.0 Å². The predicted octanol–water partition coefficient (Wildman–Crippen LogP) is 0.953. The van der Waals surface area contributed by atoms with Gasteiger partial charge in [-0.05, 0) is 32.9 Å². The number of likely N-dealkylation sites (N-methyl/N-ethyl adjacent to an activating group) is 1. The Bertz CT molecular complexity index is 152. The first-order valence-corrected chi connectivity index (χ1v) is 5.75. The number of hydrogen-bond donors (Lipinski definition) is 1. The molecule has 0 bridgehead atoms. The van der Waals surface area contributed by atoms with Crippen molar-refractivity contribution < 1.29 is 4.74 Å². The molecule has 0 radical (unpaired) electrons. The van der Waals surface area contributed by atoms with E-state index in [-0.39, 0.29) is 0 Å². The maximum absolute atomic E-state index is 5.51. The number of nitrogens with zero attached hydrogens (tertiary/aromatic N) is 1. The second kappa shape index (κ2) is 6.38. The van der Waals surface area contributed by atoms with Crippen LogP contribution in [0.3, 0.4) is 0 Å². The SMILES string of the molecule is CCN(C)CCNCC1CCOC1C. The maximum Gasteiger partial charge on any atom is 0.0588 e. The second-order valence-electron chi connectivity index (χ2n) is 4.22. The van der Waals surface area contributed by atoms with Crippen LogP contribution in [0.25, 0.3) is 0 Å². The zero-order chi connectivity index (χ0) is 10.4. The fourth-order valence-electron chi connectivity index (χ4n) is 1.76. The van der Waals surface area contributed by atoms with E-state index in [0.717, 1.165) is 38.7 Å². The minimum absolute atomic E-state index is 0.450. The van der Waals surface area contributed by atoms with Gasteiger partial charge in [0, 0.05) is 26.2 Å². The minimum Gasteiger partial charge on any atom is -0.378 e. The summed E-state index contributed by atoms with van der Waals surface area (Å²) in [7, 11) is 2.16. The van der Waals surface area contributed by atoms with Crippen molar-refractivity contribution in [3.05, 3.63) is 0 Å². The highest BCUT2D eigenvalue weighted by Crippen LogP contribution is 2.18. The molecule has 3 heteroatoms. The summed E-state index contributed by atoms with van der Waals surface area (Å²) in [5, 5.41) is 3.50. The Kier molecular flexibility index (Phi) is 5.45. The van der Waals surface area contributed by atoms with Gasteiger partial charge in [-0.25, -0.2) is 0 Å². The van der Waals surface area contributed by atoms with Gasteiger partial charge in [0.05, 0.1) is 6.10 Å². The van der Waals surface area contributed by atoms with Crippen molar-refractivity contribution >= 4 is 0 Å². The largest absolute Gasteiger partial charge is 0.378 e. The standard InChI is InChI=1S/C11H24N2O/c1-4-13(3)7-6-12-9-11-5-8-14-10(11)2/h10-12H,4-9H2,1-3H3. The molecule has 14 heavy (non-hydrogen) atoms. The summed E-state index contributed by atoms with van der Waals surface area (Å²) in [6.45, 7) is 9.78. The quantitative estimate of drug-likeness (QED) is 0.646. The third-order valence-corrected chi connectivity index (χ3v) is 3.15. The normalized spacial score (nSPS) is 27.4. The van der Waals surface area contributed by atoms with Gasteiger partial charge in [-0.1, -0.05) is 6.92 Å². The molecule has 0 spiro atoms. The number of nitrogens with one attached hydrogen (secondary N) is 1. The lowest BCUT2D eigenvalue weighted by Crippen LogP contribution is -2.33. The van der Waals surface area contributed by atoms with Crippen LogP contribution >= 0.6 is 0 Å². The van der Waals surface area contributed by atoms with Crippen molar-refractivity contribution in [3.8, 4) is 0 Å². The van der Waals surface area contributed by atoms with Crippen molar-refractivity contribution in [2.24, 2.45) is 5.92 Å². The van der Waals surface area contributed by atoms with Gasteiger partial charge in [0.25, 0.3) is 0 Å². The molecule has 2 atom stereocenters. The molecular formula is C11H24N2O. The highest BCUT2D eigenvalue weighted by Gasteiger charge is 2.23. The van der Waals surface area contributed by atoms with E-state index >= 15 is 0 Å². The molecule has 0 amide bonds. The van der Waals surface area contributed by atoms with Gasteiger partial charge >= 0.3 is 0 Å². The van der Waals surface area contributed by atoms with Gasteiger partial charge in [0.2, 0.25) is 0 Å². The second-order valence-corrected chi connectivity index (χ2v) is 4.22. The van der Waals surface area contributed by atoms with E-state index in [1.165, 1.54) is 6.42 Å². The van der Waals surface area contributed by atoms with E-state index in [1.807, 2.05) is 0 Å². The zero-order valence-electron chi connectivity index (χ0n) is 9.75. The molecule has 84 valence electrons. The van der Waals surface area contributed by atoms with Crippen molar-refractivity contribution in [2.75, 3.05) is 39.8 Å². The first-order chi connectivity index (χ1) is 6.74. The van der Waals surface area contributed by atoms with Crippen molar-refractivity contribution in [1.82, 2.24) is 10.2 Å². The molecule has 1 fully saturated rings. The van der Waals surface area contributed by atoms with Crippen LogP contribution in [0.15, 0.2) is 0 Å². The Morgan fingerprint density at radius 2 is 2.29 bits per heavy atom. The molecule has 0 aromatic heterocycles. The van der Waals surface area contributed by atoms with Crippen LogP contribution < -0.4 is 5.32 Å². The summed E-state index contributed by atoms with van der Waals surface area (Å²) in [5.74, 6) is 0.724. The van der Waals surface area contributed by atoms with E-state index in [2.05, 4.69) is 31.1 Å². The van der Waals surface area contributed by atoms with Crippen molar-refractivity contribution in [1.29, 1.82) is 0 Å². The molecule has 3 nitrogen and oxygen atoms in total. The van der Waals surface area contributed by atoms with Crippen molar-refractivity contribution in [2.45, 2.75) is 26.4 Å². The van der Waals surface area contributed by atoms with Crippen LogP contribution in [0.2, 0.25) is 0 Å². The first-order valence-electron chi connectivity index (χ1n) is 5.75. The maximum atomic E-state index is 5.51. The van der Waals surface area contributed by atoms with E-state index < -0.39 is 0 Å². The highest BCUT2D eigenvalue weighted by molar-refractivity contribution is 4.74. The number of rotatable bonds is 6. The van der Waals surface area contributed by atoms with Gasteiger partial charge in [0.1, 0.15) is 0 Å². The topological polar surface area (TPSA) is 24.5 Å². The fraction of sp³-hybridized carbons (Fsp3) is 1.00. The Balaban J connectivity index is 1.98. The summed E-state index contributed by atoms with van der Waals surface area (Å²) in [5.41, 5.74) is 0. The molecule has 0 aliphatic carbocycles. The number of ether oxygens (including phenoxy) is 1. The highest BCUT2D eigenvalue weighted by atomic mass is 16.5. The molecule has 1 heterocycles. The monoisotopic (exact) mass is 200 g/mol. The average Bonchev–Trinajstić information content (AvgIpc) is 2.58. The van der Waals surface area contributed by atoms with Gasteiger partial charge in [-0.3, -0.25) is 0 Å². The molecule has 0 aromatic carbocycles. The Morgan fingerprint density at radius 1 is 1.50 bits per heavy atom. The van der Waals surface area contributed by atoms with Crippen LogP contribution in [-0.2, 0) is 4.74 Å². The molecule has 1 N–H and O–H groups in total. The Labute approximate surface area is 87.8 Å². The molecule has 0 aromatic rings. The molecule has 1 aliphatic heterocycles. The van der Waals surface area contributed by atoms with Gasteiger partial charge in [0.15, 0.2) is 0 Å². The molecule has 0 saturated carbocycles. The Hall–Kier alpha value is -0.120. The van der Waals surface area contributed by atoms with Gasteiger partial charge in [-0.2, -0.15) is 0 Å². The lowest BCUT2D eigenvalue weighted by Gasteiger charge is -2.17. The van der Waals surface area contributed by atoms with E-state index in [1.54, 1.807) is 0 Å². The molecule has 1 rings (SSSR count). The zero-order valence-corrected chi connectivity index (χ0v) is 9.75. The summed E-state index contributed by atoms with van der Waals surface area (Å²) in [6.07, 6.45) is 1.67. The van der Waals surface area contributed by atoms with E-state index in [9.17, 15) is 0 Å². The smallest absolute Gasteiger partial charge is 0.0588 e. The van der Waals surface area contributed by atoms with Crippen LogP contribution in [-0.4, -0.2) is 50.8 Å². The number of hydrogen-bond acceptors (Lipinski definition) is 3. The molecule has 1 aliphatic rings. The van der Waals surface area contributed by atoms with Gasteiger partial charge in [-0.15, -0.1) is 0 Å². The van der Waals surface area contributed by atoms with E-state index in [4.69, 9.17) is 4.74 Å². The van der Waals surface area contributed by atoms with Crippen LogP contribution in [0.4, 0.5) is 0 Å². The summed E-state index contributed by atoms with van der Waals surface area (Å²) < 4.78 is 5.51. The lowest BCUT2D eigenvalue weighted by atomic mass is 10.0. The predicted molar refractivity (Wildman–Crippen MR) is 59.6 cm³/mol. The Morgan fingerprint density at radius 3 is 2.86 bits per heavy atom. The van der Waals surface area contributed by atoms with Crippen LogP contribution in [0.1, 0.15) is 20.3 Å². The molecule has 1 saturated heterocycles. The van der Waals surface area contributed by atoms with E-state index in [0.29, 0.717) is 6.10 Å². The summed E-state index contributed by atoms with van der Waals surface area (Å²) >= 11 is 0. The molecule has 2 unspecified atom stereocenters. The summed E-state index contributed by atoms with van der Waals surface area (Å²) in [6, 6.07) is 0. The van der Waals surface area contributed by atoms with Crippen molar-refractivity contribution in [3.63, 3.8) is 0 Å². The fourth-order valence-corrected chi connectivity index (χ4v) is 1.76. The average molecular weight is 200 g/mol. The molecular weight excluding hydrogens is 176 g/mol. The van der Waals surface area contributed by atoms with Crippen LogP contribution in [0.5, 0.6) is 0 Å². The lowest BCUT2D eigenvalue weighted by molar-refractivity contribution is 0.105. The summed E-state index contributed by atoms with van der Waals surface area (Å²) in [4.78, 5) is 2.32.